The SMILES string of the molecule is CCN(CC)c1ccc([C@@H]2C(C#N)=C(N)Oc3n[nH]c(-c4ccc(Cl)c(Cl)c4)c32)cc1. The predicted molar refractivity (Wildman–Crippen MR) is 123 cm³/mol. The van der Waals surface area contributed by atoms with Gasteiger partial charge >= 0.3 is 0 Å². The second-order valence-corrected chi connectivity index (χ2v) is 7.95. The number of nitrogens with one attached hydrogen (secondary N) is 1. The van der Waals surface area contributed by atoms with Crippen molar-refractivity contribution in [2.24, 2.45) is 5.73 Å². The van der Waals surface area contributed by atoms with Gasteiger partial charge in [0, 0.05) is 24.3 Å². The molecule has 2 aromatic carbocycles. The molecule has 0 spiro atoms. The van der Waals surface area contributed by atoms with E-state index in [0.29, 0.717) is 27.2 Å². The molecule has 1 atom stereocenters. The van der Waals surface area contributed by atoms with Crippen molar-refractivity contribution in [3.05, 3.63) is 75.1 Å². The average Bonchev–Trinajstić information content (AvgIpc) is 3.19. The number of nitrogens with zero attached hydrogens (tertiary/aromatic N) is 3. The summed E-state index contributed by atoms with van der Waals surface area (Å²) in [4.78, 5) is 2.26. The number of aromatic amines is 1. The van der Waals surface area contributed by atoms with Gasteiger partial charge in [0.15, 0.2) is 0 Å². The van der Waals surface area contributed by atoms with Crippen molar-refractivity contribution < 1.29 is 4.74 Å². The number of halogens is 2. The van der Waals surface area contributed by atoms with Crippen LogP contribution >= 0.6 is 23.2 Å². The fraction of sp³-hybridized carbons (Fsp3) is 0.217. The number of rotatable bonds is 5. The first kappa shape index (κ1) is 21.1. The smallest absolute Gasteiger partial charge is 0.244 e. The highest BCUT2D eigenvalue weighted by Gasteiger charge is 2.35. The van der Waals surface area contributed by atoms with E-state index < -0.39 is 5.92 Å². The molecule has 4 rings (SSSR count). The molecular formula is C23H21Cl2N5O. The minimum atomic E-state index is -0.428. The molecule has 1 aliphatic heterocycles. The lowest BCUT2D eigenvalue weighted by Gasteiger charge is -2.25. The van der Waals surface area contributed by atoms with Crippen molar-refractivity contribution >= 4 is 28.9 Å². The molecule has 1 aromatic heterocycles. The quantitative estimate of drug-likeness (QED) is 0.535. The van der Waals surface area contributed by atoms with Crippen molar-refractivity contribution in [3.8, 4) is 23.2 Å². The first-order chi connectivity index (χ1) is 15.0. The van der Waals surface area contributed by atoms with Crippen molar-refractivity contribution in [1.82, 2.24) is 10.2 Å². The van der Waals surface area contributed by atoms with E-state index in [1.807, 2.05) is 18.2 Å². The number of anilines is 1. The summed E-state index contributed by atoms with van der Waals surface area (Å²) >= 11 is 12.3. The number of nitrogens with two attached hydrogens (primary N) is 1. The van der Waals surface area contributed by atoms with Gasteiger partial charge in [-0.05, 0) is 43.7 Å². The number of H-pyrrole nitrogens is 1. The average molecular weight is 454 g/mol. The van der Waals surface area contributed by atoms with Gasteiger partial charge in [-0.2, -0.15) is 5.26 Å². The molecule has 3 aromatic rings. The molecule has 0 amide bonds. The van der Waals surface area contributed by atoms with Gasteiger partial charge in [0.1, 0.15) is 11.6 Å². The zero-order valence-corrected chi connectivity index (χ0v) is 18.6. The standard InChI is InChI=1S/C23H21Cl2N5O/c1-3-30(4-2)15-8-5-13(6-9-15)19-16(12-26)22(27)31-23-20(19)21(28-29-23)14-7-10-17(24)18(25)11-14/h5-11,19H,3-4,27H2,1-2H3,(H,28,29)/t19-/m1/s1. The molecule has 0 radical (unpaired) electrons. The van der Waals surface area contributed by atoms with Crippen molar-refractivity contribution in [2.45, 2.75) is 19.8 Å². The lowest BCUT2D eigenvalue weighted by molar-refractivity contribution is 0.379. The summed E-state index contributed by atoms with van der Waals surface area (Å²) in [6, 6.07) is 15.7. The Labute approximate surface area is 190 Å². The molecule has 6 nitrogen and oxygen atoms in total. The Balaban J connectivity index is 1.86. The summed E-state index contributed by atoms with van der Waals surface area (Å²) in [5.74, 6) is -0.0295. The van der Waals surface area contributed by atoms with Crippen LogP contribution in [-0.2, 0) is 0 Å². The molecule has 0 saturated heterocycles. The second kappa shape index (κ2) is 8.54. The van der Waals surface area contributed by atoms with Gasteiger partial charge in [-0.15, -0.1) is 5.10 Å². The van der Waals surface area contributed by atoms with Gasteiger partial charge in [-0.25, -0.2) is 0 Å². The minimum absolute atomic E-state index is 0.0556. The zero-order chi connectivity index (χ0) is 22.1. The number of hydrogen-bond donors (Lipinski definition) is 2. The van der Waals surface area contributed by atoms with Crippen LogP contribution in [-0.4, -0.2) is 23.3 Å². The van der Waals surface area contributed by atoms with Crippen molar-refractivity contribution in [1.29, 1.82) is 5.26 Å². The molecule has 3 N–H and O–H groups in total. The number of ether oxygens (including phenoxy) is 1. The summed E-state index contributed by atoms with van der Waals surface area (Å²) < 4.78 is 5.67. The molecule has 1 aliphatic rings. The van der Waals surface area contributed by atoms with Crippen LogP contribution in [0.25, 0.3) is 11.3 Å². The van der Waals surface area contributed by atoms with Gasteiger partial charge < -0.3 is 15.4 Å². The number of hydrogen-bond acceptors (Lipinski definition) is 5. The van der Waals surface area contributed by atoms with Crippen molar-refractivity contribution in [3.63, 3.8) is 0 Å². The monoisotopic (exact) mass is 453 g/mol. The maximum Gasteiger partial charge on any atom is 0.244 e. The zero-order valence-electron chi connectivity index (χ0n) is 17.1. The van der Waals surface area contributed by atoms with Crippen molar-refractivity contribution in [2.75, 3.05) is 18.0 Å². The van der Waals surface area contributed by atoms with Crippen LogP contribution in [0.5, 0.6) is 5.88 Å². The van der Waals surface area contributed by atoms with Gasteiger partial charge in [0.05, 0.1) is 27.2 Å². The molecule has 0 unspecified atom stereocenters. The number of aromatic nitrogens is 2. The Morgan fingerprint density at radius 2 is 1.84 bits per heavy atom. The highest BCUT2D eigenvalue weighted by Crippen LogP contribution is 2.46. The fourth-order valence-electron chi connectivity index (χ4n) is 3.92. The molecule has 0 aliphatic carbocycles. The van der Waals surface area contributed by atoms with Crippen LogP contribution in [0.15, 0.2) is 53.9 Å². The summed E-state index contributed by atoms with van der Waals surface area (Å²) in [6.45, 7) is 6.07. The third-order valence-corrected chi connectivity index (χ3v) is 6.24. The van der Waals surface area contributed by atoms with Crippen LogP contribution in [0.2, 0.25) is 10.0 Å². The number of nitriles is 1. The topological polar surface area (TPSA) is 91.0 Å². The van der Waals surface area contributed by atoms with E-state index in [2.05, 4.69) is 47.1 Å². The maximum atomic E-state index is 9.87. The van der Waals surface area contributed by atoms with Crippen LogP contribution in [0.1, 0.15) is 30.9 Å². The van der Waals surface area contributed by atoms with Gasteiger partial charge in [0.25, 0.3) is 0 Å². The van der Waals surface area contributed by atoms with Gasteiger partial charge in [-0.1, -0.05) is 41.4 Å². The highest BCUT2D eigenvalue weighted by atomic mass is 35.5. The normalized spacial score (nSPS) is 15.3. The first-order valence-electron chi connectivity index (χ1n) is 9.94. The molecule has 2 heterocycles. The van der Waals surface area contributed by atoms with Crippen LogP contribution in [0, 0.1) is 11.3 Å². The maximum absolute atomic E-state index is 9.87. The Morgan fingerprint density at radius 1 is 1.13 bits per heavy atom. The van der Waals surface area contributed by atoms with E-state index in [1.54, 1.807) is 12.1 Å². The summed E-state index contributed by atoms with van der Waals surface area (Å²) in [6.07, 6.45) is 0. The van der Waals surface area contributed by atoms with Crippen LogP contribution in [0.4, 0.5) is 5.69 Å². The van der Waals surface area contributed by atoms with E-state index in [-0.39, 0.29) is 5.88 Å². The molecule has 0 bridgehead atoms. The Hall–Kier alpha value is -3.14. The molecule has 0 fully saturated rings. The van der Waals surface area contributed by atoms with E-state index in [0.717, 1.165) is 35.5 Å². The molecule has 31 heavy (non-hydrogen) atoms. The molecule has 158 valence electrons. The Morgan fingerprint density at radius 3 is 2.45 bits per heavy atom. The second-order valence-electron chi connectivity index (χ2n) is 7.13. The summed E-state index contributed by atoms with van der Waals surface area (Å²) in [7, 11) is 0. The fourth-order valence-corrected chi connectivity index (χ4v) is 4.21. The number of benzene rings is 2. The van der Waals surface area contributed by atoms with Crippen LogP contribution < -0.4 is 15.4 Å². The van der Waals surface area contributed by atoms with Crippen LogP contribution in [0.3, 0.4) is 0 Å². The third kappa shape index (κ3) is 3.71. The first-order valence-corrected chi connectivity index (χ1v) is 10.7. The number of allylic oxidation sites excluding steroid dienone is 1. The van der Waals surface area contributed by atoms with Gasteiger partial charge in [0.2, 0.25) is 11.8 Å². The van der Waals surface area contributed by atoms with E-state index in [1.165, 1.54) is 0 Å². The van der Waals surface area contributed by atoms with E-state index in [9.17, 15) is 5.26 Å². The molecular weight excluding hydrogens is 433 g/mol. The summed E-state index contributed by atoms with van der Waals surface area (Å²) in [5.41, 5.74) is 10.7. The van der Waals surface area contributed by atoms with E-state index >= 15 is 0 Å². The molecule has 8 heteroatoms. The lowest BCUT2D eigenvalue weighted by Crippen LogP contribution is -2.22. The number of fused-ring (bicyclic) bond motifs is 1. The highest BCUT2D eigenvalue weighted by molar-refractivity contribution is 6.42. The van der Waals surface area contributed by atoms with E-state index in [4.69, 9.17) is 33.7 Å². The largest absolute Gasteiger partial charge is 0.420 e. The summed E-state index contributed by atoms with van der Waals surface area (Å²) in [5, 5.41) is 18.1. The molecule has 0 saturated carbocycles. The Bertz CT molecular complexity index is 1190. The predicted octanol–water partition coefficient (Wildman–Crippen LogP) is 5.45. The minimum Gasteiger partial charge on any atom is -0.420 e. The Kier molecular flexibility index (Phi) is 5.81. The lowest BCUT2D eigenvalue weighted by atomic mass is 9.83. The third-order valence-electron chi connectivity index (χ3n) is 5.50. The van der Waals surface area contributed by atoms with Gasteiger partial charge in [-0.3, -0.25) is 5.10 Å².